The van der Waals surface area contributed by atoms with Gasteiger partial charge >= 0.3 is 5.97 Å². The number of hydrogen-bond acceptors (Lipinski definition) is 3. The lowest BCUT2D eigenvalue weighted by molar-refractivity contribution is -0.147. The second-order valence-electron chi connectivity index (χ2n) is 5.19. The molecule has 2 aromatic carbocycles. The summed E-state index contributed by atoms with van der Waals surface area (Å²) >= 11 is 0. The van der Waals surface area contributed by atoms with Crippen LogP contribution in [-0.4, -0.2) is 11.8 Å². The monoisotopic (exact) mass is 296 g/mol. The van der Waals surface area contributed by atoms with Crippen molar-refractivity contribution in [1.82, 2.24) is 0 Å². The Kier molecular flexibility index (Phi) is 5.90. The molecule has 2 aromatic rings. The van der Waals surface area contributed by atoms with Gasteiger partial charge in [0.25, 0.3) is 0 Å². The molecule has 3 nitrogen and oxygen atoms in total. The van der Waals surface area contributed by atoms with Crippen molar-refractivity contribution in [2.24, 2.45) is 0 Å². The highest BCUT2D eigenvalue weighted by atomic mass is 16.5. The van der Waals surface area contributed by atoms with E-state index in [1.54, 1.807) is 0 Å². The summed E-state index contributed by atoms with van der Waals surface area (Å²) in [7, 11) is 0. The molecule has 0 radical (unpaired) electrons. The SMILES string of the molecule is CC(=O)OC(CCCC(=O)c1ccccc1)c1ccccc1. The van der Waals surface area contributed by atoms with Crippen LogP contribution >= 0.6 is 0 Å². The highest BCUT2D eigenvalue weighted by molar-refractivity contribution is 5.95. The van der Waals surface area contributed by atoms with Crippen LogP contribution < -0.4 is 0 Å². The van der Waals surface area contributed by atoms with Gasteiger partial charge in [-0.1, -0.05) is 60.7 Å². The summed E-state index contributed by atoms with van der Waals surface area (Å²) < 4.78 is 5.37. The lowest BCUT2D eigenvalue weighted by Crippen LogP contribution is -2.09. The van der Waals surface area contributed by atoms with Gasteiger partial charge in [-0.2, -0.15) is 0 Å². The molecule has 0 fully saturated rings. The summed E-state index contributed by atoms with van der Waals surface area (Å²) in [5.41, 5.74) is 1.69. The summed E-state index contributed by atoms with van der Waals surface area (Å²) in [5.74, 6) is -0.182. The zero-order chi connectivity index (χ0) is 15.8. The molecule has 0 heterocycles. The van der Waals surface area contributed by atoms with Crippen molar-refractivity contribution in [3.05, 3.63) is 71.8 Å². The van der Waals surface area contributed by atoms with Crippen LogP contribution in [0.25, 0.3) is 0 Å². The molecule has 114 valence electrons. The number of rotatable bonds is 7. The first kappa shape index (κ1) is 16.0. The fourth-order valence-corrected chi connectivity index (χ4v) is 2.38. The molecule has 0 bridgehead atoms. The molecule has 0 aliphatic heterocycles. The van der Waals surface area contributed by atoms with E-state index in [9.17, 15) is 9.59 Å². The summed E-state index contributed by atoms with van der Waals surface area (Å²) in [6.45, 7) is 1.41. The van der Waals surface area contributed by atoms with Crippen molar-refractivity contribution >= 4 is 11.8 Å². The van der Waals surface area contributed by atoms with Gasteiger partial charge in [0.1, 0.15) is 6.10 Å². The molecule has 3 heteroatoms. The standard InChI is InChI=1S/C19H20O3/c1-15(20)22-19(17-11-6-3-7-12-17)14-8-13-18(21)16-9-4-2-5-10-16/h2-7,9-12,19H,8,13-14H2,1H3. The van der Waals surface area contributed by atoms with E-state index in [-0.39, 0.29) is 17.9 Å². The van der Waals surface area contributed by atoms with Gasteiger partial charge in [-0.05, 0) is 18.4 Å². The van der Waals surface area contributed by atoms with Crippen molar-refractivity contribution < 1.29 is 14.3 Å². The largest absolute Gasteiger partial charge is 0.458 e. The number of ketones is 1. The molecule has 0 spiro atoms. The maximum atomic E-state index is 12.1. The molecule has 0 aliphatic rings. The number of carbonyl (C=O) groups excluding carboxylic acids is 2. The van der Waals surface area contributed by atoms with E-state index >= 15 is 0 Å². The van der Waals surface area contributed by atoms with Crippen LogP contribution in [0.1, 0.15) is 48.2 Å². The smallest absolute Gasteiger partial charge is 0.303 e. The number of hydrogen-bond donors (Lipinski definition) is 0. The molecule has 1 unspecified atom stereocenters. The van der Waals surface area contributed by atoms with Crippen molar-refractivity contribution in [3.8, 4) is 0 Å². The van der Waals surface area contributed by atoms with E-state index in [1.165, 1.54) is 6.92 Å². The maximum absolute atomic E-state index is 12.1. The first-order valence-electron chi connectivity index (χ1n) is 7.47. The molecule has 0 saturated carbocycles. The van der Waals surface area contributed by atoms with Gasteiger partial charge in [0.15, 0.2) is 5.78 Å². The van der Waals surface area contributed by atoms with Gasteiger partial charge in [0.2, 0.25) is 0 Å². The van der Waals surface area contributed by atoms with E-state index < -0.39 is 0 Å². The molecule has 0 aromatic heterocycles. The minimum Gasteiger partial charge on any atom is -0.458 e. The van der Waals surface area contributed by atoms with Gasteiger partial charge in [-0.15, -0.1) is 0 Å². The van der Waals surface area contributed by atoms with E-state index in [2.05, 4.69) is 0 Å². The van der Waals surface area contributed by atoms with E-state index in [0.29, 0.717) is 19.3 Å². The first-order chi connectivity index (χ1) is 10.7. The van der Waals surface area contributed by atoms with Crippen LogP contribution in [0, 0.1) is 0 Å². The summed E-state index contributed by atoms with van der Waals surface area (Å²) in [6, 6.07) is 18.9. The van der Waals surface area contributed by atoms with Gasteiger partial charge < -0.3 is 4.74 Å². The minimum atomic E-state index is -0.303. The molecular formula is C19H20O3. The minimum absolute atomic E-state index is 0.121. The van der Waals surface area contributed by atoms with Crippen LogP contribution in [0.3, 0.4) is 0 Å². The van der Waals surface area contributed by atoms with Crippen molar-refractivity contribution in [2.75, 3.05) is 0 Å². The predicted octanol–water partition coefficient (Wildman–Crippen LogP) is 4.34. The second kappa shape index (κ2) is 8.13. The fourth-order valence-electron chi connectivity index (χ4n) is 2.38. The highest BCUT2D eigenvalue weighted by Gasteiger charge is 2.15. The zero-order valence-corrected chi connectivity index (χ0v) is 12.7. The highest BCUT2D eigenvalue weighted by Crippen LogP contribution is 2.24. The zero-order valence-electron chi connectivity index (χ0n) is 12.7. The quantitative estimate of drug-likeness (QED) is 0.563. The van der Waals surface area contributed by atoms with Crippen LogP contribution in [0.2, 0.25) is 0 Å². The molecule has 0 amide bonds. The Morgan fingerprint density at radius 3 is 2.14 bits per heavy atom. The van der Waals surface area contributed by atoms with E-state index in [4.69, 9.17) is 4.74 Å². The third kappa shape index (κ3) is 4.85. The Hall–Kier alpha value is -2.42. The number of esters is 1. The molecule has 2 rings (SSSR count). The Labute approximate surface area is 130 Å². The molecule has 22 heavy (non-hydrogen) atoms. The lowest BCUT2D eigenvalue weighted by atomic mass is 10.0. The predicted molar refractivity (Wildman–Crippen MR) is 85.6 cm³/mol. The molecule has 1 atom stereocenters. The van der Waals surface area contributed by atoms with Gasteiger partial charge in [0.05, 0.1) is 0 Å². The average molecular weight is 296 g/mol. The Bertz CT molecular complexity index is 605. The van der Waals surface area contributed by atoms with Crippen molar-refractivity contribution in [1.29, 1.82) is 0 Å². The average Bonchev–Trinajstić information content (AvgIpc) is 2.55. The van der Waals surface area contributed by atoms with Crippen LogP contribution in [0.5, 0.6) is 0 Å². The topological polar surface area (TPSA) is 43.4 Å². The molecular weight excluding hydrogens is 276 g/mol. The van der Waals surface area contributed by atoms with Gasteiger partial charge in [-0.3, -0.25) is 9.59 Å². The van der Waals surface area contributed by atoms with Gasteiger partial charge in [0, 0.05) is 18.9 Å². The summed E-state index contributed by atoms with van der Waals surface area (Å²) in [6.07, 6.45) is 1.49. The van der Waals surface area contributed by atoms with Crippen LogP contribution in [-0.2, 0) is 9.53 Å². The Morgan fingerprint density at radius 2 is 1.55 bits per heavy atom. The van der Waals surface area contributed by atoms with Crippen LogP contribution in [0.15, 0.2) is 60.7 Å². The van der Waals surface area contributed by atoms with Crippen molar-refractivity contribution in [2.45, 2.75) is 32.3 Å². The summed E-state index contributed by atoms with van der Waals surface area (Å²) in [5, 5.41) is 0. The van der Waals surface area contributed by atoms with Crippen molar-refractivity contribution in [3.63, 3.8) is 0 Å². The van der Waals surface area contributed by atoms with E-state index in [1.807, 2.05) is 60.7 Å². The maximum Gasteiger partial charge on any atom is 0.303 e. The Balaban J connectivity index is 1.92. The lowest BCUT2D eigenvalue weighted by Gasteiger charge is -2.17. The molecule has 0 aliphatic carbocycles. The second-order valence-corrected chi connectivity index (χ2v) is 5.19. The number of carbonyl (C=O) groups is 2. The third-order valence-electron chi connectivity index (χ3n) is 3.45. The third-order valence-corrected chi connectivity index (χ3v) is 3.45. The number of benzene rings is 2. The summed E-state index contributed by atoms with van der Waals surface area (Å²) in [4.78, 5) is 23.3. The fraction of sp³-hybridized carbons (Fsp3) is 0.263. The van der Waals surface area contributed by atoms with E-state index in [0.717, 1.165) is 11.1 Å². The van der Waals surface area contributed by atoms with Crippen LogP contribution in [0.4, 0.5) is 0 Å². The van der Waals surface area contributed by atoms with Gasteiger partial charge in [-0.25, -0.2) is 0 Å². The Morgan fingerprint density at radius 1 is 0.955 bits per heavy atom. The number of ether oxygens (including phenoxy) is 1. The molecule has 0 saturated heterocycles. The molecule has 0 N–H and O–H groups in total. The first-order valence-corrected chi connectivity index (χ1v) is 7.47. The normalized spacial score (nSPS) is 11.7. The number of Topliss-reactive ketones (excluding diaryl/α,β-unsaturated/α-hetero) is 1.